The molecule has 2 rings (SSSR count). The van der Waals surface area contributed by atoms with Crippen molar-refractivity contribution in [3.8, 4) is 0 Å². The van der Waals surface area contributed by atoms with Gasteiger partial charge in [0.25, 0.3) is 0 Å². The second-order valence-corrected chi connectivity index (χ2v) is 8.31. The number of hydrogen-bond donors (Lipinski definition) is 2. The van der Waals surface area contributed by atoms with Gasteiger partial charge in [-0.15, -0.1) is 11.3 Å². The first-order chi connectivity index (χ1) is 10.3. The number of nitrogens with zero attached hydrogens (tertiary/aromatic N) is 2. The van der Waals surface area contributed by atoms with Gasteiger partial charge in [-0.2, -0.15) is 0 Å². The van der Waals surface area contributed by atoms with Crippen LogP contribution in [0.5, 0.6) is 0 Å². The third-order valence-corrected chi connectivity index (χ3v) is 5.69. The van der Waals surface area contributed by atoms with Gasteiger partial charge in [0.05, 0.1) is 4.90 Å². The standard InChI is InChI=1S/C13H17ClN4O2S2/c1-8-6-11(9(2)21-8)22(19,20)16-5-4-15-13-7-12(14)17-10(3)18-13/h6-7,16H,4-5H2,1-3H3,(H,15,17,18). The lowest BCUT2D eigenvalue weighted by Gasteiger charge is -2.08. The Morgan fingerprint density at radius 2 is 1.91 bits per heavy atom. The number of nitrogens with one attached hydrogen (secondary N) is 2. The highest BCUT2D eigenvalue weighted by Crippen LogP contribution is 2.24. The van der Waals surface area contributed by atoms with Gasteiger partial charge in [0.1, 0.15) is 16.8 Å². The summed E-state index contributed by atoms with van der Waals surface area (Å²) in [5, 5.41) is 3.36. The normalized spacial score (nSPS) is 11.6. The van der Waals surface area contributed by atoms with Crippen LogP contribution in [-0.2, 0) is 10.0 Å². The van der Waals surface area contributed by atoms with Crippen LogP contribution in [0.25, 0.3) is 0 Å². The SMILES string of the molecule is Cc1nc(Cl)cc(NCCNS(=O)(=O)c2cc(C)sc2C)n1. The predicted octanol–water partition coefficient (Wildman–Crippen LogP) is 2.51. The van der Waals surface area contributed by atoms with E-state index in [1.165, 1.54) is 11.3 Å². The Labute approximate surface area is 139 Å². The van der Waals surface area contributed by atoms with Gasteiger partial charge in [-0.25, -0.2) is 23.1 Å². The fourth-order valence-corrected chi connectivity index (χ4v) is 4.76. The van der Waals surface area contributed by atoms with E-state index in [0.29, 0.717) is 28.2 Å². The van der Waals surface area contributed by atoms with Crippen LogP contribution in [0.2, 0.25) is 5.15 Å². The summed E-state index contributed by atoms with van der Waals surface area (Å²) in [6.45, 7) is 6.07. The van der Waals surface area contributed by atoms with Gasteiger partial charge in [-0.3, -0.25) is 0 Å². The number of hydrogen-bond acceptors (Lipinski definition) is 6. The van der Waals surface area contributed by atoms with Crippen molar-refractivity contribution in [1.82, 2.24) is 14.7 Å². The van der Waals surface area contributed by atoms with Gasteiger partial charge in [0.15, 0.2) is 0 Å². The zero-order valence-electron chi connectivity index (χ0n) is 12.5. The van der Waals surface area contributed by atoms with Gasteiger partial charge in [-0.1, -0.05) is 11.6 Å². The average molecular weight is 361 g/mol. The third kappa shape index (κ3) is 4.39. The lowest BCUT2D eigenvalue weighted by Crippen LogP contribution is -2.29. The molecular formula is C13H17ClN4O2S2. The summed E-state index contributed by atoms with van der Waals surface area (Å²) in [7, 11) is -3.48. The van der Waals surface area contributed by atoms with Crippen LogP contribution in [0.3, 0.4) is 0 Å². The van der Waals surface area contributed by atoms with E-state index >= 15 is 0 Å². The van der Waals surface area contributed by atoms with Crippen molar-refractivity contribution in [3.05, 3.63) is 32.9 Å². The van der Waals surface area contributed by atoms with Gasteiger partial charge in [0.2, 0.25) is 10.0 Å². The first-order valence-electron chi connectivity index (χ1n) is 6.60. The highest BCUT2D eigenvalue weighted by atomic mass is 35.5. The van der Waals surface area contributed by atoms with Crippen molar-refractivity contribution >= 4 is 38.8 Å². The van der Waals surface area contributed by atoms with Crippen LogP contribution in [0.4, 0.5) is 5.82 Å². The molecule has 2 aromatic rings. The molecule has 2 heterocycles. The first kappa shape index (κ1) is 17.1. The zero-order valence-corrected chi connectivity index (χ0v) is 14.9. The van der Waals surface area contributed by atoms with E-state index in [0.717, 1.165) is 9.75 Å². The molecule has 0 spiro atoms. The Bertz CT molecular complexity index is 754. The summed E-state index contributed by atoms with van der Waals surface area (Å²) in [6.07, 6.45) is 0. The molecule has 120 valence electrons. The van der Waals surface area contributed by atoms with Gasteiger partial charge >= 0.3 is 0 Å². The van der Waals surface area contributed by atoms with Gasteiger partial charge < -0.3 is 5.32 Å². The van der Waals surface area contributed by atoms with Crippen molar-refractivity contribution in [3.63, 3.8) is 0 Å². The fraction of sp³-hybridized carbons (Fsp3) is 0.385. The van der Waals surface area contributed by atoms with E-state index in [1.807, 2.05) is 6.92 Å². The van der Waals surface area contributed by atoms with Crippen LogP contribution >= 0.6 is 22.9 Å². The molecule has 2 aromatic heterocycles. The summed E-state index contributed by atoms with van der Waals surface area (Å²) in [5.74, 6) is 1.12. The second-order valence-electron chi connectivity index (χ2n) is 4.73. The summed E-state index contributed by atoms with van der Waals surface area (Å²) in [6, 6.07) is 3.28. The minimum atomic E-state index is -3.48. The Kier molecular flexibility index (Phi) is 5.38. The number of sulfonamides is 1. The summed E-state index contributed by atoms with van der Waals surface area (Å²) < 4.78 is 27.0. The van der Waals surface area contributed by atoms with E-state index in [2.05, 4.69) is 20.0 Å². The lowest BCUT2D eigenvalue weighted by atomic mass is 10.4. The molecule has 0 aromatic carbocycles. The molecule has 0 saturated carbocycles. The maximum absolute atomic E-state index is 12.2. The molecule has 0 aliphatic rings. The summed E-state index contributed by atoms with van der Waals surface area (Å²) >= 11 is 7.30. The largest absolute Gasteiger partial charge is 0.369 e. The van der Waals surface area contributed by atoms with E-state index in [1.54, 1.807) is 26.0 Å². The average Bonchev–Trinajstić information content (AvgIpc) is 2.73. The molecule has 0 amide bonds. The van der Waals surface area contributed by atoms with Crippen molar-refractivity contribution in [2.45, 2.75) is 25.7 Å². The quantitative estimate of drug-likeness (QED) is 0.610. The van der Waals surface area contributed by atoms with Gasteiger partial charge in [-0.05, 0) is 26.8 Å². The molecule has 0 aliphatic carbocycles. The molecule has 0 unspecified atom stereocenters. The molecule has 0 fully saturated rings. The number of halogens is 1. The van der Waals surface area contributed by atoms with Gasteiger partial charge in [0, 0.05) is 28.9 Å². The maximum atomic E-state index is 12.2. The van der Waals surface area contributed by atoms with E-state index in [4.69, 9.17) is 11.6 Å². The fourth-order valence-electron chi connectivity index (χ4n) is 1.95. The number of thiophene rings is 1. The number of aryl methyl sites for hydroxylation is 3. The van der Waals surface area contributed by atoms with Crippen molar-refractivity contribution in [2.75, 3.05) is 18.4 Å². The van der Waals surface area contributed by atoms with E-state index < -0.39 is 10.0 Å². The molecule has 9 heteroatoms. The maximum Gasteiger partial charge on any atom is 0.241 e. The Morgan fingerprint density at radius 1 is 1.18 bits per heavy atom. The topological polar surface area (TPSA) is 84.0 Å². The molecule has 0 radical (unpaired) electrons. The molecule has 6 nitrogen and oxygen atoms in total. The molecule has 22 heavy (non-hydrogen) atoms. The first-order valence-corrected chi connectivity index (χ1v) is 9.27. The Morgan fingerprint density at radius 3 is 2.50 bits per heavy atom. The van der Waals surface area contributed by atoms with Crippen LogP contribution in [0, 0.1) is 20.8 Å². The molecule has 0 bridgehead atoms. The molecule has 0 atom stereocenters. The minimum absolute atomic E-state index is 0.247. The van der Waals surface area contributed by atoms with Crippen LogP contribution in [0.15, 0.2) is 17.0 Å². The van der Waals surface area contributed by atoms with E-state index in [-0.39, 0.29) is 6.54 Å². The van der Waals surface area contributed by atoms with Crippen molar-refractivity contribution in [2.24, 2.45) is 0 Å². The monoisotopic (exact) mass is 360 g/mol. The highest BCUT2D eigenvalue weighted by Gasteiger charge is 2.18. The van der Waals surface area contributed by atoms with Crippen molar-refractivity contribution < 1.29 is 8.42 Å². The highest BCUT2D eigenvalue weighted by molar-refractivity contribution is 7.89. The van der Waals surface area contributed by atoms with Crippen LogP contribution in [-0.4, -0.2) is 31.5 Å². The molecule has 0 saturated heterocycles. The number of aromatic nitrogens is 2. The molecule has 0 aliphatic heterocycles. The van der Waals surface area contributed by atoms with Crippen LogP contribution in [0.1, 0.15) is 15.6 Å². The summed E-state index contributed by atoms with van der Waals surface area (Å²) in [4.78, 5) is 10.2. The Hall–Kier alpha value is -1.22. The molecular weight excluding hydrogens is 344 g/mol. The van der Waals surface area contributed by atoms with Crippen LogP contribution < -0.4 is 10.0 Å². The third-order valence-electron chi connectivity index (χ3n) is 2.81. The number of anilines is 1. The Balaban J connectivity index is 1.92. The predicted molar refractivity (Wildman–Crippen MR) is 89.3 cm³/mol. The molecule has 2 N–H and O–H groups in total. The zero-order chi connectivity index (χ0) is 16.3. The van der Waals surface area contributed by atoms with E-state index in [9.17, 15) is 8.42 Å². The number of rotatable bonds is 6. The lowest BCUT2D eigenvalue weighted by molar-refractivity contribution is 0.582. The van der Waals surface area contributed by atoms with Crippen molar-refractivity contribution in [1.29, 1.82) is 0 Å². The summed E-state index contributed by atoms with van der Waals surface area (Å²) in [5.41, 5.74) is 0. The minimum Gasteiger partial charge on any atom is -0.369 e. The smallest absolute Gasteiger partial charge is 0.241 e. The second kappa shape index (κ2) is 6.91.